The molecule has 0 saturated carbocycles. The number of carbonyl (C=O) groups excluding carboxylic acids is 3. The van der Waals surface area contributed by atoms with Crippen LogP contribution in [0.4, 0.5) is 17.2 Å². The fourth-order valence-electron chi connectivity index (χ4n) is 4.15. The summed E-state index contributed by atoms with van der Waals surface area (Å²) in [6.45, 7) is 1.38. The number of aromatic nitrogens is 1. The number of anilines is 3. The van der Waals surface area contributed by atoms with E-state index in [-0.39, 0.29) is 30.8 Å². The van der Waals surface area contributed by atoms with Crippen LogP contribution in [0.25, 0.3) is 0 Å². The van der Waals surface area contributed by atoms with Gasteiger partial charge in [-0.1, -0.05) is 48.5 Å². The molecule has 2 aromatic carbocycles. The molecule has 2 aliphatic heterocycles. The number of piperazine rings is 1. The van der Waals surface area contributed by atoms with Crippen molar-refractivity contribution >= 4 is 34.9 Å². The molecular formula is C25H23N5O3. The molecule has 3 heterocycles. The van der Waals surface area contributed by atoms with Crippen molar-refractivity contribution in [1.29, 1.82) is 0 Å². The number of fused-ring (bicyclic) bond motifs is 1. The maximum absolute atomic E-state index is 13.2. The van der Waals surface area contributed by atoms with E-state index in [2.05, 4.69) is 10.3 Å². The lowest BCUT2D eigenvalue weighted by molar-refractivity contribution is -0.120. The zero-order valence-corrected chi connectivity index (χ0v) is 18.0. The van der Waals surface area contributed by atoms with Crippen molar-refractivity contribution in [3.8, 4) is 0 Å². The number of benzene rings is 2. The lowest BCUT2D eigenvalue weighted by atomic mass is 10.1. The first-order valence-corrected chi connectivity index (χ1v) is 10.8. The molecule has 0 aliphatic carbocycles. The maximum atomic E-state index is 13.2. The molecule has 0 bridgehead atoms. The van der Waals surface area contributed by atoms with Crippen LogP contribution in [-0.4, -0.2) is 53.8 Å². The predicted molar refractivity (Wildman–Crippen MR) is 125 cm³/mol. The van der Waals surface area contributed by atoms with Crippen molar-refractivity contribution in [2.24, 2.45) is 0 Å². The second-order valence-electron chi connectivity index (χ2n) is 8.02. The first kappa shape index (κ1) is 20.7. The van der Waals surface area contributed by atoms with Crippen LogP contribution in [0.5, 0.6) is 0 Å². The molecule has 2 aliphatic rings. The Bertz CT molecular complexity index is 1200. The van der Waals surface area contributed by atoms with E-state index >= 15 is 0 Å². The van der Waals surface area contributed by atoms with Gasteiger partial charge in [-0.15, -0.1) is 0 Å². The fourth-order valence-corrected chi connectivity index (χ4v) is 4.15. The molecule has 33 heavy (non-hydrogen) atoms. The third-order valence-electron chi connectivity index (χ3n) is 5.87. The highest BCUT2D eigenvalue weighted by molar-refractivity contribution is 6.05. The first-order chi connectivity index (χ1) is 16.1. The summed E-state index contributed by atoms with van der Waals surface area (Å²) in [6.07, 6.45) is 1.50. The van der Waals surface area contributed by atoms with Gasteiger partial charge in [0.15, 0.2) is 5.82 Å². The molecule has 3 aromatic rings. The lowest BCUT2D eigenvalue weighted by Crippen LogP contribution is -2.52. The van der Waals surface area contributed by atoms with Gasteiger partial charge in [0.25, 0.3) is 5.91 Å². The summed E-state index contributed by atoms with van der Waals surface area (Å²) in [5.74, 6) is 0.0646. The molecule has 0 unspecified atom stereocenters. The van der Waals surface area contributed by atoms with Crippen LogP contribution in [0.2, 0.25) is 0 Å². The average Bonchev–Trinajstić information content (AvgIpc) is 2.86. The van der Waals surface area contributed by atoms with Gasteiger partial charge in [0.1, 0.15) is 6.54 Å². The van der Waals surface area contributed by atoms with Crippen molar-refractivity contribution in [3.63, 3.8) is 0 Å². The summed E-state index contributed by atoms with van der Waals surface area (Å²) in [6, 6.07) is 20.8. The third-order valence-corrected chi connectivity index (χ3v) is 5.87. The summed E-state index contributed by atoms with van der Waals surface area (Å²) in [5.41, 5.74) is 2.73. The standard InChI is InChI=1S/C25H23N5O3/c31-22-15-27-24-21(30(22)16-18-7-3-1-4-8-18)13-19(14-26-24)25(33)28-11-12-29(23(32)17-28)20-9-5-2-6-10-20/h1-10,13-14H,11-12,15-17H2,(H,26,27). The Morgan fingerprint density at radius 3 is 2.39 bits per heavy atom. The molecule has 0 radical (unpaired) electrons. The molecule has 3 amide bonds. The first-order valence-electron chi connectivity index (χ1n) is 10.8. The van der Waals surface area contributed by atoms with E-state index in [4.69, 9.17) is 0 Å². The number of para-hydroxylation sites is 1. The molecule has 1 aromatic heterocycles. The van der Waals surface area contributed by atoms with E-state index in [0.29, 0.717) is 36.7 Å². The molecule has 0 spiro atoms. The highest BCUT2D eigenvalue weighted by Gasteiger charge is 2.31. The van der Waals surface area contributed by atoms with Crippen molar-refractivity contribution < 1.29 is 14.4 Å². The molecule has 1 saturated heterocycles. The monoisotopic (exact) mass is 441 g/mol. The van der Waals surface area contributed by atoms with E-state index < -0.39 is 0 Å². The van der Waals surface area contributed by atoms with E-state index in [1.165, 1.54) is 11.1 Å². The minimum absolute atomic E-state index is 0.00424. The van der Waals surface area contributed by atoms with E-state index in [1.54, 1.807) is 15.9 Å². The number of amides is 3. The summed E-state index contributed by atoms with van der Waals surface area (Å²) >= 11 is 0. The van der Waals surface area contributed by atoms with Crippen LogP contribution < -0.4 is 15.1 Å². The van der Waals surface area contributed by atoms with Crippen molar-refractivity contribution in [2.75, 3.05) is 41.3 Å². The lowest BCUT2D eigenvalue weighted by Gasteiger charge is -2.35. The Kier molecular flexibility index (Phi) is 5.48. The second kappa shape index (κ2) is 8.74. The minimum atomic E-state index is -0.274. The van der Waals surface area contributed by atoms with Gasteiger partial charge in [0.2, 0.25) is 11.8 Å². The summed E-state index contributed by atoms with van der Waals surface area (Å²) in [4.78, 5) is 47.8. The van der Waals surface area contributed by atoms with Gasteiger partial charge in [0, 0.05) is 25.0 Å². The van der Waals surface area contributed by atoms with E-state index in [0.717, 1.165) is 11.3 Å². The average molecular weight is 441 g/mol. The predicted octanol–water partition coefficient (Wildman–Crippen LogP) is 2.53. The summed E-state index contributed by atoms with van der Waals surface area (Å²) in [7, 11) is 0. The molecule has 1 N–H and O–H groups in total. The number of carbonyl (C=O) groups is 3. The quantitative estimate of drug-likeness (QED) is 0.673. The van der Waals surface area contributed by atoms with Crippen LogP contribution in [-0.2, 0) is 16.1 Å². The van der Waals surface area contributed by atoms with Crippen LogP contribution in [0.1, 0.15) is 15.9 Å². The summed E-state index contributed by atoms with van der Waals surface area (Å²) in [5, 5.41) is 3.02. The third kappa shape index (κ3) is 4.15. The van der Waals surface area contributed by atoms with Gasteiger partial charge in [-0.05, 0) is 23.8 Å². The number of rotatable bonds is 4. The van der Waals surface area contributed by atoms with Crippen LogP contribution in [0, 0.1) is 0 Å². The number of nitrogens with zero attached hydrogens (tertiary/aromatic N) is 4. The molecule has 0 atom stereocenters. The van der Waals surface area contributed by atoms with Crippen molar-refractivity contribution in [3.05, 3.63) is 84.1 Å². The molecule has 5 rings (SSSR count). The molecule has 1 fully saturated rings. The number of hydrogen-bond donors (Lipinski definition) is 1. The zero-order valence-electron chi connectivity index (χ0n) is 18.0. The highest BCUT2D eigenvalue weighted by atomic mass is 16.2. The van der Waals surface area contributed by atoms with Crippen LogP contribution >= 0.6 is 0 Å². The summed E-state index contributed by atoms with van der Waals surface area (Å²) < 4.78 is 0. The SMILES string of the molecule is O=C(c1cnc2c(c1)N(Cc1ccccc1)C(=O)CN2)N1CCN(c2ccccc2)C(=O)C1. The molecule has 8 nitrogen and oxygen atoms in total. The maximum Gasteiger partial charge on any atom is 0.256 e. The van der Waals surface area contributed by atoms with Crippen molar-refractivity contribution in [2.45, 2.75) is 6.54 Å². The number of hydrogen-bond acceptors (Lipinski definition) is 5. The number of pyridine rings is 1. The fraction of sp³-hybridized carbons (Fsp3) is 0.200. The van der Waals surface area contributed by atoms with Crippen LogP contribution in [0.3, 0.4) is 0 Å². The highest BCUT2D eigenvalue weighted by Crippen LogP contribution is 2.30. The van der Waals surface area contributed by atoms with Gasteiger partial charge in [-0.2, -0.15) is 0 Å². The Labute approximate surface area is 191 Å². The minimum Gasteiger partial charge on any atom is -0.359 e. The topological polar surface area (TPSA) is 85.8 Å². The van der Waals surface area contributed by atoms with Crippen molar-refractivity contribution in [1.82, 2.24) is 9.88 Å². The van der Waals surface area contributed by atoms with Gasteiger partial charge < -0.3 is 20.0 Å². The van der Waals surface area contributed by atoms with Gasteiger partial charge in [-0.25, -0.2) is 4.98 Å². The zero-order chi connectivity index (χ0) is 22.8. The normalized spacial score (nSPS) is 15.8. The molecule has 8 heteroatoms. The van der Waals surface area contributed by atoms with Crippen LogP contribution in [0.15, 0.2) is 72.9 Å². The van der Waals surface area contributed by atoms with Gasteiger partial charge in [-0.3, -0.25) is 14.4 Å². The van der Waals surface area contributed by atoms with Gasteiger partial charge >= 0.3 is 0 Å². The Hall–Kier alpha value is -4.20. The Morgan fingerprint density at radius 1 is 0.939 bits per heavy atom. The Balaban J connectivity index is 1.36. The van der Waals surface area contributed by atoms with E-state index in [1.807, 2.05) is 60.7 Å². The smallest absolute Gasteiger partial charge is 0.256 e. The second-order valence-corrected chi connectivity index (χ2v) is 8.02. The Morgan fingerprint density at radius 2 is 1.67 bits per heavy atom. The van der Waals surface area contributed by atoms with E-state index in [9.17, 15) is 14.4 Å². The van der Waals surface area contributed by atoms with Gasteiger partial charge in [0.05, 0.1) is 24.3 Å². The largest absolute Gasteiger partial charge is 0.359 e. The number of nitrogens with one attached hydrogen (secondary N) is 1. The molecule has 166 valence electrons. The molecular weight excluding hydrogens is 418 g/mol.